The lowest BCUT2D eigenvalue weighted by Crippen LogP contribution is -2.40. The molecule has 8 heteroatoms. The molecule has 0 heterocycles. The molecule has 1 fully saturated rings. The van der Waals surface area contributed by atoms with Gasteiger partial charge < -0.3 is 10.6 Å². The summed E-state index contributed by atoms with van der Waals surface area (Å²) >= 11 is 7.58. The third kappa shape index (κ3) is 3.84. The summed E-state index contributed by atoms with van der Waals surface area (Å²) in [6.45, 7) is 0.133. The molecular weight excluding hydrogens is 332 g/mol. The fraction of sp³-hybridized carbons (Fsp3) is 0.462. The smallest absolute Gasteiger partial charge is 0.319 e. The van der Waals surface area contributed by atoms with Crippen molar-refractivity contribution in [3.05, 3.63) is 23.2 Å². The van der Waals surface area contributed by atoms with Crippen molar-refractivity contribution in [3.8, 4) is 0 Å². The molecule has 2 rings (SSSR count). The van der Waals surface area contributed by atoms with Crippen LogP contribution in [0.15, 0.2) is 23.1 Å². The van der Waals surface area contributed by atoms with Crippen LogP contribution in [0.2, 0.25) is 5.02 Å². The SMILES string of the molecule is CSc1ccc(NC(=O)NCC2(S(C)(=O)=O)CC2)cc1Cl. The maximum Gasteiger partial charge on any atom is 0.319 e. The second-order valence-electron chi connectivity index (χ2n) is 5.11. The molecule has 1 aromatic rings. The Labute approximate surface area is 133 Å². The molecule has 2 N–H and O–H groups in total. The summed E-state index contributed by atoms with van der Waals surface area (Å²) in [5.41, 5.74) is 0.569. The van der Waals surface area contributed by atoms with E-state index in [0.29, 0.717) is 23.6 Å². The molecule has 0 aliphatic heterocycles. The normalized spacial score (nSPS) is 16.3. The highest BCUT2D eigenvalue weighted by atomic mass is 35.5. The first-order chi connectivity index (χ1) is 9.77. The molecule has 0 spiro atoms. The highest BCUT2D eigenvalue weighted by Crippen LogP contribution is 2.42. The molecule has 1 saturated carbocycles. The first kappa shape index (κ1) is 16.5. The standard InChI is InChI=1S/C13H17ClN2O3S2/c1-20-11-4-3-9(7-10(11)14)16-12(17)15-8-13(5-6-13)21(2,18)19/h3-4,7H,5-6,8H2,1-2H3,(H2,15,16,17). The van der Waals surface area contributed by atoms with Gasteiger partial charge in [-0.1, -0.05) is 11.6 Å². The van der Waals surface area contributed by atoms with E-state index < -0.39 is 20.6 Å². The monoisotopic (exact) mass is 348 g/mol. The molecular formula is C13H17ClN2O3S2. The van der Waals surface area contributed by atoms with Gasteiger partial charge in [0, 0.05) is 23.4 Å². The first-order valence-electron chi connectivity index (χ1n) is 6.35. The van der Waals surface area contributed by atoms with E-state index in [4.69, 9.17) is 11.6 Å². The van der Waals surface area contributed by atoms with Crippen molar-refractivity contribution < 1.29 is 13.2 Å². The van der Waals surface area contributed by atoms with Gasteiger partial charge in [-0.25, -0.2) is 13.2 Å². The molecule has 116 valence electrons. The fourth-order valence-corrected chi connectivity index (χ4v) is 4.03. The van der Waals surface area contributed by atoms with Gasteiger partial charge >= 0.3 is 6.03 Å². The minimum absolute atomic E-state index is 0.133. The van der Waals surface area contributed by atoms with E-state index in [1.54, 1.807) is 12.1 Å². The molecule has 0 atom stereocenters. The van der Waals surface area contributed by atoms with Crippen LogP contribution in [0.5, 0.6) is 0 Å². The molecule has 0 radical (unpaired) electrons. The molecule has 0 unspecified atom stereocenters. The Kier molecular flexibility index (Phi) is 4.75. The highest BCUT2D eigenvalue weighted by Gasteiger charge is 2.52. The van der Waals surface area contributed by atoms with Gasteiger partial charge in [-0.05, 0) is 37.3 Å². The van der Waals surface area contributed by atoms with Crippen LogP contribution in [0, 0.1) is 0 Å². The fourth-order valence-electron chi connectivity index (χ4n) is 1.98. The van der Waals surface area contributed by atoms with Crippen molar-refractivity contribution in [1.82, 2.24) is 5.32 Å². The van der Waals surface area contributed by atoms with Gasteiger partial charge in [0.15, 0.2) is 9.84 Å². The van der Waals surface area contributed by atoms with Crippen molar-refractivity contribution in [3.63, 3.8) is 0 Å². The summed E-state index contributed by atoms with van der Waals surface area (Å²) in [6, 6.07) is 4.80. The van der Waals surface area contributed by atoms with E-state index in [1.165, 1.54) is 18.0 Å². The quantitative estimate of drug-likeness (QED) is 0.802. The van der Waals surface area contributed by atoms with Crippen molar-refractivity contribution in [1.29, 1.82) is 0 Å². The van der Waals surface area contributed by atoms with E-state index in [-0.39, 0.29) is 6.54 Å². The Hall–Kier alpha value is -0.920. The lowest BCUT2D eigenvalue weighted by atomic mass is 10.3. The summed E-state index contributed by atoms with van der Waals surface area (Å²) in [6.07, 6.45) is 4.32. The second-order valence-corrected chi connectivity index (χ2v) is 8.78. The van der Waals surface area contributed by atoms with E-state index in [1.807, 2.05) is 12.3 Å². The third-order valence-corrected chi connectivity index (χ3v) is 6.92. The Morgan fingerprint density at radius 2 is 2.10 bits per heavy atom. The zero-order valence-corrected chi connectivity index (χ0v) is 14.2. The number of benzene rings is 1. The van der Waals surface area contributed by atoms with Crippen LogP contribution in [-0.2, 0) is 9.84 Å². The maximum atomic E-state index is 11.8. The molecule has 1 aliphatic rings. The number of sulfone groups is 1. The lowest BCUT2D eigenvalue weighted by molar-refractivity contribution is 0.252. The maximum absolute atomic E-state index is 11.8. The molecule has 1 aliphatic carbocycles. The van der Waals surface area contributed by atoms with Crippen molar-refractivity contribution in [2.45, 2.75) is 22.5 Å². The van der Waals surface area contributed by atoms with E-state index in [0.717, 1.165) is 4.90 Å². The molecule has 2 amide bonds. The van der Waals surface area contributed by atoms with Crippen LogP contribution in [0.25, 0.3) is 0 Å². The molecule has 21 heavy (non-hydrogen) atoms. The number of urea groups is 1. The zero-order chi connectivity index (χ0) is 15.7. The number of carbonyl (C=O) groups is 1. The van der Waals surface area contributed by atoms with Gasteiger partial charge in [0.1, 0.15) is 0 Å². The summed E-state index contributed by atoms with van der Waals surface area (Å²) in [5.74, 6) is 0. The number of halogens is 1. The average Bonchev–Trinajstić information content (AvgIpc) is 3.17. The van der Waals surface area contributed by atoms with Gasteiger partial charge in [0.2, 0.25) is 0 Å². The average molecular weight is 349 g/mol. The molecule has 5 nitrogen and oxygen atoms in total. The molecule has 0 aromatic heterocycles. The van der Waals surface area contributed by atoms with Gasteiger partial charge in [0.05, 0.1) is 9.77 Å². The van der Waals surface area contributed by atoms with Crippen LogP contribution in [-0.4, -0.2) is 38.3 Å². The largest absolute Gasteiger partial charge is 0.336 e. The number of hydrogen-bond donors (Lipinski definition) is 2. The number of amides is 2. The second kappa shape index (κ2) is 6.06. The summed E-state index contributed by atoms with van der Waals surface area (Å²) in [7, 11) is -3.14. The number of nitrogens with one attached hydrogen (secondary N) is 2. The minimum atomic E-state index is -3.14. The third-order valence-electron chi connectivity index (χ3n) is 3.58. The van der Waals surface area contributed by atoms with Gasteiger partial charge in [-0.3, -0.25) is 0 Å². The van der Waals surface area contributed by atoms with Crippen LogP contribution in [0.1, 0.15) is 12.8 Å². The molecule has 1 aromatic carbocycles. The number of hydrogen-bond acceptors (Lipinski definition) is 4. The Morgan fingerprint density at radius 3 is 2.57 bits per heavy atom. The summed E-state index contributed by atoms with van der Waals surface area (Å²) < 4.78 is 22.4. The van der Waals surface area contributed by atoms with E-state index in [9.17, 15) is 13.2 Å². The Bertz CT molecular complexity index is 657. The number of rotatable bonds is 5. The Balaban J connectivity index is 1.92. The van der Waals surface area contributed by atoms with Gasteiger partial charge in [-0.15, -0.1) is 11.8 Å². The first-order valence-corrected chi connectivity index (χ1v) is 9.85. The lowest BCUT2D eigenvalue weighted by Gasteiger charge is -2.14. The van der Waals surface area contributed by atoms with E-state index >= 15 is 0 Å². The number of anilines is 1. The zero-order valence-electron chi connectivity index (χ0n) is 11.8. The van der Waals surface area contributed by atoms with Gasteiger partial charge in [-0.2, -0.15) is 0 Å². The molecule has 0 saturated heterocycles. The van der Waals surface area contributed by atoms with Gasteiger partial charge in [0.25, 0.3) is 0 Å². The summed E-state index contributed by atoms with van der Waals surface area (Å²) in [4.78, 5) is 12.7. The minimum Gasteiger partial charge on any atom is -0.336 e. The predicted molar refractivity (Wildman–Crippen MR) is 87.1 cm³/mol. The Morgan fingerprint density at radius 1 is 1.43 bits per heavy atom. The van der Waals surface area contributed by atoms with Crippen molar-refractivity contribution in [2.24, 2.45) is 0 Å². The van der Waals surface area contributed by atoms with Crippen molar-refractivity contribution in [2.75, 3.05) is 24.4 Å². The van der Waals surface area contributed by atoms with Crippen LogP contribution >= 0.6 is 23.4 Å². The van der Waals surface area contributed by atoms with E-state index in [2.05, 4.69) is 10.6 Å². The summed E-state index contributed by atoms with van der Waals surface area (Å²) in [5, 5.41) is 5.82. The predicted octanol–water partition coefficient (Wildman–Crippen LogP) is 2.76. The van der Waals surface area contributed by atoms with Crippen LogP contribution < -0.4 is 10.6 Å². The highest BCUT2D eigenvalue weighted by molar-refractivity contribution is 7.98. The molecule has 0 bridgehead atoms. The van der Waals surface area contributed by atoms with Crippen LogP contribution in [0.4, 0.5) is 10.5 Å². The number of thioether (sulfide) groups is 1. The van der Waals surface area contributed by atoms with Crippen molar-refractivity contribution >= 4 is 44.9 Å². The van der Waals surface area contributed by atoms with Crippen LogP contribution in [0.3, 0.4) is 0 Å². The number of carbonyl (C=O) groups excluding carboxylic acids is 1. The topological polar surface area (TPSA) is 75.3 Å².